The van der Waals surface area contributed by atoms with Crippen molar-refractivity contribution in [2.24, 2.45) is 0 Å². The van der Waals surface area contributed by atoms with E-state index in [9.17, 15) is 4.79 Å². The fourth-order valence-corrected chi connectivity index (χ4v) is 1.68. The molecule has 1 aliphatic heterocycles. The zero-order chi connectivity index (χ0) is 12.5. The highest BCUT2D eigenvalue weighted by molar-refractivity contribution is 6.05. The lowest BCUT2D eigenvalue weighted by Crippen LogP contribution is -2.44. The van der Waals surface area contributed by atoms with Gasteiger partial charge in [-0.3, -0.25) is 4.79 Å². The van der Waals surface area contributed by atoms with E-state index >= 15 is 0 Å². The number of carbonyl (C=O) groups excluding carboxylic acids is 1. The number of nitrogens with two attached hydrogens (primary N) is 1. The first-order chi connectivity index (χ1) is 8.75. The molecule has 0 saturated carbocycles. The van der Waals surface area contributed by atoms with Gasteiger partial charge in [-0.1, -0.05) is 0 Å². The molecule has 4 N–H and O–H groups in total. The molecule has 1 amide bonds. The van der Waals surface area contributed by atoms with Gasteiger partial charge in [0.15, 0.2) is 0 Å². The second-order valence-electron chi connectivity index (χ2n) is 3.93. The highest BCUT2D eigenvalue weighted by atomic mass is 16.6. The number of nitrogens with one attached hydrogen (secondary N) is 2. The summed E-state index contributed by atoms with van der Waals surface area (Å²) in [6, 6.07) is 1.96. The smallest absolute Gasteiger partial charge is 0.282 e. The zero-order valence-electron chi connectivity index (χ0n) is 9.33. The first kappa shape index (κ1) is 10.7. The number of aromatic nitrogens is 4. The quantitative estimate of drug-likeness (QED) is 0.653. The van der Waals surface area contributed by atoms with Gasteiger partial charge < -0.3 is 16.4 Å². The van der Waals surface area contributed by atoms with Gasteiger partial charge in [0, 0.05) is 19.2 Å². The van der Waals surface area contributed by atoms with E-state index in [1.165, 1.54) is 0 Å². The van der Waals surface area contributed by atoms with Gasteiger partial charge in [-0.05, 0) is 10.3 Å². The molecule has 18 heavy (non-hydrogen) atoms. The standard InChI is InChI=1S/C9H11N7O2/c10-8-7(14-18-15-8)9(17)13-6-1-2-12-16(6)5-3-11-4-5/h1-2,5,11H,3-4H2,(H2,10,15)(H,13,17). The van der Waals surface area contributed by atoms with Crippen molar-refractivity contribution in [3.05, 3.63) is 18.0 Å². The minimum Gasteiger partial charge on any atom is -0.379 e. The molecule has 0 spiro atoms. The Hall–Kier alpha value is -2.42. The van der Waals surface area contributed by atoms with E-state index in [1.807, 2.05) is 0 Å². The number of rotatable bonds is 3. The maximum absolute atomic E-state index is 11.9. The molecule has 3 heterocycles. The Bertz CT molecular complexity index is 571. The number of carbonyl (C=O) groups is 1. The van der Waals surface area contributed by atoms with Gasteiger partial charge in [0.2, 0.25) is 11.5 Å². The van der Waals surface area contributed by atoms with Crippen LogP contribution in [0.15, 0.2) is 16.9 Å². The Kier molecular flexibility index (Phi) is 2.45. The van der Waals surface area contributed by atoms with Gasteiger partial charge in [-0.2, -0.15) is 5.10 Å². The van der Waals surface area contributed by atoms with Crippen molar-refractivity contribution in [1.29, 1.82) is 0 Å². The van der Waals surface area contributed by atoms with E-state index < -0.39 is 5.91 Å². The van der Waals surface area contributed by atoms with Crippen molar-refractivity contribution in [2.75, 3.05) is 24.1 Å². The van der Waals surface area contributed by atoms with Crippen molar-refractivity contribution in [1.82, 2.24) is 25.4 Å². The van der Waals surface area contributed by atoms with Gasteiger partial charge in [-0.15, -0.1) is 0 Å². The first-order valence-corrected chi connectivity index (χ1v) is 5.39. The van der Waals surface area contributed by atoms with Gasteiger partial charge in [0.1, 0.15) is 5.82 Å². The highest BCUT2D eigenvalue weighted by Gasteiger charge is 2.23. The Labute approximate surface area is 101 Å². The number of hydrogen-bond donors (Lipinski definition) is 3. The summed E-state index contributed by atoms with van der Waals surface area (Å²) in [4.78, 5) is 11.9. The van der Waals surface area contributed by atoms with Crippen LogP contribution in [0.25, 0.3) is 0 Å². The minimum absolute atomic E-state index is 0.0329. The van der Waals surface area contributed by atoms with Crippen LogP contribution in [0.3, 0.4) is 0 Å². The number of nitrogens with zero attached hydrogens (tertiary/aromatic N) is 4. The van der Waals surface area contributed by atoms with Gasteiger partial charge >= 0.3 is 0 Å². The number of anilines is 2. The Morgan fingerprint density at radius 3 is 3.00 bits per heavy atom. The van der Waals surface area contributed by atoms with Crippen LogP contribution in [0.2, 0.25) is 0 Å². The second kappa shape index (κ2) is 4.11. The molecule has 0 unspecified atom stereocenters. The molecule has 1 fully saturated rings. The number of amides is 1. The molecule has 0 aliphatic carbocycles. The normalized spacial score (nSPS) is 15.3. The average Bonchev–Trinajstić information content (AvgIpc) is 2.86. The van der Waals surface area contributed by atoms with Gasteiger partial charge in [0.25, 0.3) is 5.91 Å². The molecule has 2 aromatic heterocycles. The summed E-state index contributed by atoms with van der Waals surface area (Å²) in [5.41, 5.74) is 5.41. The summed E-state index contributed by atoms with van der Waals surface area (Å²) in [5, 5.41) is 16.8. The Morgan fingerprint density at radius 1 is 1.56 bits per heavy atom. The van der Waals surface area contributed by atoms with Crippen LogP contribution in [0.4, 0.5) is 11.6 Å². The molecular formula is C9H11N7O2. The van der Waals surface area contributed by atoms with E-state index in [2.05, 4.69) is 30.7 Å². The largest absolute Gasteiger partial charge is 0.379 e. The van der Waals surface area contributed by atoms with Crippen LogP contribution >= 0.6 is 0 Å². The summed E-state index contributed by atoms with van der Waals surface area (Å²) >= 11 is 0. The first-order valence-electron chi connectivity index (χ1n) is 5.39. The molecule has 3 rings (SSSR count). The lowest BCUT2D eigenvalue weighted by Gasteiger charge is -2.28. The molecule has 0 atom stereocenters. The van der Waals surface area contributed by atoms with Crippen molar-refractivity contribution in [3.8, 4) is 0 Å². The number of nitrogen functional groups attached to an aromatic ring is 1. The molecule has 1 saturated heterocycles. The van der Waals surface area contributed by atoms with E-state index in [4.69, 9.17) is 5.73 Å². The second-order valence-corrected chi connectivity index (χ2v) is 3.93. The molecule has 0 radical (unpaired) electrons. The molecule has 2 aromatic rings. The van der Waals surface area contributed by atoms with Crippen LogP contribution in [0.5, 0.6) is 0 Å². The molecule has 0 bridgehead atoms. The predicted octanol–water partition coefficient (Wildman–Crippen LogP) is -0.755. The van der Waals surface area contributed by atoms with E-state index in [1.54, 1.807) is 16.9 Å². The maximum atomic E-state index is 11.9. The zero-order valence-corrected chi connectivity index (χ0v) is 9.33. The topological polar surface area (TPSA) is 124 Å². The third-order valence-corrected chi connectivity index (χ3v) is 2.75. The monoisotopic (exact) mass is 249 g/mol. The summed E-state index contributed by atoms with van der Waals surface area (Å²) in [7, 11) is 0. The fraction of sp³-hybridized carbons (Fsp3) is 0.333. The average molecular weight is 249 g/mol. The van der Waals surface area contributed by atoms with E-state index in [0.29, 0.717) is 5.82 Å². The van der Waals surface area contributed by atoms with Crippen LogP contribution in [-0.4, -0.2) is 39.1 Å². The van der Waals surface area contributed by atoms with Crippen molar-refractivity contribution >= 4 is 17.5 Å². The SMILES string of the molecule is Nc1nonc1C(=O)Nc1ccnn1C1CNC1. The van der Waals surface area contributed by atoms with Crippen molar-refractivity contribution < 1.29 is 9.42 Å². The van der Waals surface area contributed by atoms with E-state index in [-0.39, 0.29) is 17.6 Å². The summed E-state index contributed by atoms with van der Waals surface area (Å²) in [6.07, 6.45) is 1.62. The summed E-state index contributed by atoms with van der Waals surface area (Å²) in [6.45, 7) is 1.66. The molecular weight excluding hydrogens is 238 g/mol. The third kappa shape index (κ3) is 1.70. The number of hydrogen-bond acceptors (Lipinski definition) is 7. The minimum atomic E-state index is -0.470. The summed E-state index contributed by atoms with van der Waals surface area (Å²) in [5.74, 6) is 0.0839. The van der Waals surface area contributed by atoms with Gasteiger partial charge in [0.05, 0.1) is 12.2 Å². The highest BCUT2D eigenvalue weighted by Crippen LogP contribution is 2.18. The van der Waals surface area contributed by atoms with Crippen molar-refractivity contribution in [3.63, 3.8) is 0 Å². The van der Waals surface area contributed by atoms with E-state index in [0.717, 1.165) is 13.1 Å². The molecule has 0 aromatic carbocycles. The van der Waals surface area contributed by atoms with Gasteiger partial charge in [-0.25, -0.2) is 9.31 Å². The molecule has 94 valence electrons. The lowest BCUT2D eigenvalue weighted by molar-refractivity contribution is 0.101. The molecule has 9 heteroatoms. The summed E-state index contributed by atoms with van der Waals surface area (Å²) < 4.78 is 6.13. The lowest BCUT2D eigenvalue weighted by atomic mass is 10.2. The Balaban J connectivity index is 1.78. The van der Waals surface area contributed by atoms with Crippen LogP contribution in [-0.2, 0) is 0 Å². The Morgan fingerprint density at radius 2 is 2.39 bits per heavy atom. The maximum Gasteiger partial charge on any atom is 0.282 e. The van der Waals surface area contributed by atoms with Crippen LogP contribution < -0.4 is 16.4 Å². The molecule has 9 nitrogen and oxygen atoms in total. The van der Waals surface area contributed by atoms with Crippen LogP contribution in [0.1, 0.15) is 16.5 Å². The van der Waals surface area contributed by atoms with Crippen LogP contribution in [0, 0.1) is 0 Å². The fourth-order valence-electron chi connectivity index (χ4n) is 1.68. The predicted molar refractivity (Wildman–Crippen MR) is 60.8 cm³/mol. The van der Waals surface area contributed by atoms with Crippen molar-refractivity contribution in [2.45, 2.75) is 6.04 Å². The third-order valence-electron chi connectivity index (χ3n) is 2.75. The molecule has 1 aliphatic rings.